The van der Waals surface area contributed by atoms with Crippen molar-refractivity contribution in [3.8, 4) is 0 Å². The van der Waals surface area contributed by atoms with Crippen LogP contribution >= 0.6 is 0 Å². The average molecular weight is 228 g/mol. The molecule has 0 saturated carbocycles. The highest BCUT2D eigenvalue weighted by Gasteiger charge is 2.23. The van der Waals surface area contributed by atoms with Gasteiger partial charge in [0.2, 0.25) is 5.91 Å². The number of carbonyl (C=O) groups excluding carboxylic acids is 2. The quantitative estimate of drug-likeness (QED) is 0.665. The van der Waals surface area contributed by atoms with Crippen molar-refractivity contribution in [1.82, 2.24) is 10.2 Å². The Balaban J connectivity index is 2.04. The van der Waals surface area contributed by atoms with Crippen LogP contribution in [-0.2, 0) is 9.53 Å². The second-order valence-electron chi connectivity index (χ2n) is 3.95. The highest BCUT2D eigenvalue weighted by molar-refractivity contribution is 5.82. The molecule has 1 aliphatic rings. The lowest BCUT2D eigenvalue weighted by atomic mass is 10.2. The minimum atomic E-state index is -0.388. The summed E-state index contributed by atoms with van der Waals surface area (Å²) in [6.45, 7) is 3.87. The van der Waals surface area contributed by atoms with Crippen LogP contribution in [-0.4, -0.2) is 43.1 Å². The lowest BCUT2D eigenvalue weighted by molar-refractivity contribution is -0.121. The lowest BCUT2D eigenvalue weighted by Gasteiger charge is -2.12. The summed E-state index contributed by atoms with van der Waals surface area (Å²) in [5, 5.41) is 2.80. The van der Waals surface area contributed by atoms with Crippen molar-refractivity contribution in [3.05, 3.63) is 0 Å². The van der Waals surface area contributed by atoms with Crippen molar-refractivity contribution in [1.29, 1.82) is 0 Å². The lowest BCUT2D eigenvalue weighted by Crippen LogP contribution is -2.38. The van der Waals surface area contributed by atoms with Crippen molar-refractivity contribution < 1.29 is 14.3 Å². The van der Waals surface area contributed by atoms with Gasteiger partial charge in [-0.25, -0.2) is 4.79 Å². The molecule has 5 nitrogen and oxygen atoms in total. The van der Waals surface area contributed by atoms with E-state index in [0.29, 0.717) is 19.7 Å². The number of nitrogens with zero attached hydrogens (tertiary/aromatic N) is 1. The molecule has 5 heteroatoms. The molecular formula is C11H20N2O3. The normalized spacial score (nSPS) is 15.1. The molecule has 92 valence electrons. The highest BCUT2D eigenvalue weighted by Crippen LogP contribution is 2.02. The molecule has 0 bridgehead atoms. The molecular weight excluding hydrogens is 208 g/mol. The summed E-state index contributed by atoms with van der Waals surface area (Å²) in [5.74, 6) is -0.102. The number of ether oxygens (including phenoxy) is 1. The Morgan fingerprint density at radius 3 is 2.88 bits per heavy atom. The molecule has 0 spiro atoms. The molecule has 1 rings (SSSR count). The third-order valence-electron chi connectivity index (χ3n) is 2.53. The topological polar surface area (TPSA) is 58.6 Å². The highest BCUT2D eigenvalue weighted by atomic mass is 16.6. The fraction of sp³-hybridized carbons (Fsp3) is 0.818. The van der Waals surface area contributed by atoms with Gasteiger partial charge in [-0.1, -0.05) is 26.2 Å². The Kier molecular flexibility index (Phi) is 5.67. The Labute approximate surface area is 96.1 Å². The number of rotatable bonds is 7. The smallest absolute Gasteiger partial charge is 0.410 e. The van der Waals surface area contributed by atoms with Crippen LogP contribution in [0.4, 0.5) is 4.79 Å². The van der Waals surface area contributed by atoms with Crippen LogP contribution in [0.3, 0.4) is 0 Å². The summed E-state index contributed by atoms with van der Waals surface area (Å²) in [4.78, 5) is 23.9. The van der Waals surface area contributed by atoms with Crippen LogP contribution in [0.25, 0.3) is 0 Å². The SMILES string of the molecule is CCCCCCNC(=O)CN1CCOC1=O. The van der Waals surface area contributed by atoms with Gasteiger partial charge in [0, 0.05) is 6.54 Å². The number of unbranched alkanes of at least 4 members (excludes halogenated alkanes) is 3. The number of cyclic esters (lactones) is 1. The predicted octanol–water partition coefficient (Wildman–Crippen LogP) is 1.14. The van der Waals surface area contributed by atoms with Gasteiger partial charge in [-0.3, -0.25) is 9.69 Å². The first kappa shape index (κ1) is 12.8. The van der Waals surface area contributed by atoms with Crippen molar-refractivity contribution in [2.24, 2.45) is 0 Å². The van der Waals surface area contributed by atoms with E-state index in [2.05, 4.69) is 12.2 Å². The third-order valence-corrected chi connectivity index (χ3v) is 2.53. The van der Waals surface area contributed by atoms with Gasteiger partial charge in [0.25, 0.3) is 0 Å². The summed E-state index contributed by atoms with van der Waals surface area (Å²) in [6.07, 6.45) is 4.15. The van der Waals surface area contributed by atoms with Crippen LogP contribution in [0, 0.1) is 0 Å². The van der Waals surface area contributed by atoms with Crippen LogP contribution in [0.1, 0.15) is 32.6 Å². The Morgan fingerprint density at radius 1 is 1.44 bits per heavy atom. The number of carbonyl (C=O) groups is 2. The summed E-state index contributed by atoms with van der Waals surface area (Å²) >= 11 is 0. The molecule has 2 amide bonds. The number of hydrogen-bond donors (Lipinski definition) is 1. The van der Waals surface area contributed by atoms with Gasteiger partial charge in [0.15, 0.2) is 0 Å². The molecule has 0 unspecified atom stereocenters. The van der Waals surface area contributed by atoms with Gasteiger partial charge >= 0.3 is 6.09 Å². The van der Waals surface area contributed by atoms with Crippen molar-refractivity contribution >= 4 is 12.0 Å². The number of amides is 2. The maximum absolute atomic E-state index is 11.4. The van der Waals surface area contributed by atoms with E-state index >= 15 is 0 Å². The fourth-order valence-corrected chi connectivity index (χ4v) is 1.58. The van der Waals surface area contributed by atoms with E-state index in [9.17, 15) is 9.59 Å². The van der Waals surface area contributed by atoms with Crippen LogP contribution < -0.4 is 5.32 Å². The first-order valence-electron chi connectivity index (χ1n) is 5.92. The molecule has 0 atom stereocenters. The van der Waals surface area contributed by atoms with E-state index in [1.165, 1.54) is 17.7 Å². The van der Waals surface area contributed by atoms with E-state index in [0.717, 1.165) is 12.8 Å². The standard InChI is InChI=1S/C11H20N2O3/c1-2-3-4-5-6-12-10(14)9-13-7-8-16-11(13)15/h2-9H2,1H3,(H,12,14). The van der Waals surface area contributed by atoms with Crippen molar-refractivity contribution in [3.63, 3.8) is 0 Å². The molecule has 0 aromatic carbocycles. The zero-order valence-electron chi connectivity index (χ0n) is 9.83. The number of hydrogen-bond acceptors (Lipinski definition) is 3. The molecule has 1 heterocycles. The third kappa shape index (κ3) is 4.51. The molecule has 0 aromatic rings. The van der Waals surface area contributed by atoms with Crippen LogP contribution in [0.15, 0.2) is 0 Å². The summed E-state index contributed by atoms with van der Waals surface area (Å²) < 4.78 is 4.73. The predicted molar refractivity (Wildman–Crippen MR) is 60.1 cm³/mol. The van der Waals surface area contributed by atoms with Crippen LogP contribution in [0.2, 0.25) is 0 Å². The van der Waals surface area contributed by atoms with E-state index < -0.39 is 0 Å². The second kappa shape index (κ2) is 7.09. The van der Waals surface area contributed by atoms with Crippen LogP contribution in [0.5, 0.6) is 0 Å². The van der Waals surface area contributed by atoms with E-state index in [1.807, 2.05) is 0 Å². The molecule has 1 aliphatic heterocycles. The summed E-state index contributed by atoms with van der Waals surface area (Å²) in [7, 11) is 0. The molecule has 0 aromatic heterocycles. The minimum Gasteiger partial charge on any atom is -0.448 e. The van der Waals surface area contributed by atoms with Gasteiger partial charge < -0.3 is 10.1 Å². The zero-order chi connectivity index (χ0) is 11.8. The van der Waals surface area contributed by atoms with Crippen molar-refractivity contribution in [2.75, 3.05) is 26.2 Å². The Morgan fingerprint density at radius 2 is 2.25 bits per heavy atom. The fourth-order valence-electron chi connectivity index (χ4n) is 1.58. The molecule has 16 heavy (non-hydrogen) atoms. The maximum atomic E-state index is 11.4. The molecule has 0 radical (unpaired) electrons. The van der Waals surface area contributed by atoms with E-state index in [1.54, 1.807) is 0 Å². The summed E-state index contributed by atoms with van der Waals surface area (Å²) in [5.41, 5.74) is 0. The first-order chi connectivity index (χ1) is 7.74. The summed E-state index contributed by atoms with van der Waals surface area (Å²) in [6, 6.07) is 0. The monoisotopic (exact) mass is 228 g/mol. The second-order valence-corrected chi connectivity index (χ2v) is 3.95. The van der Waals surface area contributed by atoms with Crippen molar-refractivity contribution in [2.45, 2.75) is 32.6 Å². The van der Waals surface area contributed by atoms with Gasteiger partial charge in [-0.15, -0.1) is 0 Å². The zero-order valence-corrected chi connectivity index (χ0v) is 9.83. The molecule has 0 aliphatic carbocycles. The first-order valence-corrected chi connectivity index (χ1v) is 5.92. The largest absolute Gasteiger partial charge is 0.448 e. The minimum absolute atomic E-state index is 0.102. The van der Waals surface area contributed by atoms with Gasteiger partial charge in [-0.05, 0) is 6.42 Å². The maximum Gasteiger partial charge on any atom is 0.410 e. The molecule has 1 saturated heterocycles. The number of nitrogens with one attached hydrogen (secondary N) is 1. The Hall–Kier alpha value is -1.26. The van der Waals surface area contributed by atoms with E-state index in [-0.39, 0.29) is 18.5 Å². The molecule has 1 fully saturated rings. The average Bonchev–Trinajstić information content (AvgIpc) is 2.64. The Bertz CT molecular complexity index is 243. The van der Waals surface area contributed by atoms with Gasteiger partial charge in [0.1, 0.15) is 13.2 Å². The van der Waals surface area contributed by atoms with Gasteiger partial charge in [-0.2, -0.15) is 0 Å². The van der Waals surface area contributed by atoms with E-state index in [4.69, 9.17) is 4.74 Å². The molecule has 1 N–H and O–H groups in total. The van der Waals surface area contributed by atoms with Gasteiger partial charge in [0.05, 0.1) is 6.54 Å².